The third kappa shape index (κ3) is 1.63. The molecule has 5 nitrogen and oxygen atoms in total. The molecule has 20 heavy (non-hydrogen) atoms. The summed E-state index contributed by atoms with van der Waals surface area (Å²) in [5.74, 6) is 0.565. The van der Waals surface area contributed by atoms with Crippen LogP contribution in [-0.2, 0) is 0 Å². The number of nitriles is 1. The molecule has 1 aliphatic rings. The molecule has 0 aromatic carbocycles. The zero-order valence-electron chi connectivity index (χ0n) is 10.7. The van der Waals surface area contributed by atoms with E-state index < -0.39 is 0 Å². The molecule has 4 rings (SSSR count). The molecule has 0 unspecified atom stereocenters. The van der Waals surface area contributed by atoms with Crippen molar-refractivity contribution in [3.8, 4) is 17.3 Å². The van der Waals surface area contributed by atoms with Crippen molar-refractivity contribution >= 4 is 16.3 Å². The number of pyridine rings is 1. The van der Waals surface area contributed by atoms with Crippen LogP contribution in [0.2, 0.25) is 0 Å². The van der Waals surface area contributed by atoms with Crippen molar-refractivity contribution in [2.24, 2.45) is 0 Å². The van der Waals surface area contributed by atoms with Crippen LogP contribution in [-0.4, -0.2) is 19.6 Å². The summed E-state index contributed by atoms with van der Waals surface area (Å²) in [6.45, 7) is 0. The molecule has 98 valence electrons. The molecular weight excluding hydrogens is 270 g/mol. The van der Waals surface area contributed by atoms with Gasteiger partial charge in [0, 0.05) is 23.9 Å². The molecule has 3 aromatic rings. The van der Waals surface area contributed by atoms with Crippen molar-refractivity contribution in [3.05, 3.63) is 35.2 Å². The highest BCUT2D eigenvalue weighted by molar-refractivity contribution is 7.16. The molecule has 1 fully saturated rings. The Morgan fingerprint density at radius 3 is 2.95 bits per heavy atom. The van der Waals surface area contributed by atoms with Gasteiger partial charge < -0.3 is 0 Å². The van der Waals surface area contributed by atoms with Crippen LogP contribution in [0.5, 0.6) is 0 Å². The zero-order chi connectivity index (χ0) is 13.5. The number of imidazole rings is 1. The summed E-state index contributed by atoms with van der Waals surface area (Å²) in [6.07, 6.45) is 7.11. The summed E-state index contributed by atoms with van der Waals surface area (Å²) in [4.78, 5) is 9.45. The fourth-order valence-electron chi connectivity index (χ4n) is 2.39. The standard InChI is InChI=1S/C14H11N5S/c15-7-11-12(10-5-2-6-16-8-10)17-14-19(11)18-13(20-14)9-3-1-4-9/h2,5-6,8-9H,1,3-4H2. The number of rotatable bonds is 2. The number of hydrogen-bond acceptors (Lipinski definition) is 5. The monoisotopic (exact) mass is 281 g/mol. The quantitative estimate of drug-likeness (QED) is 0.724. The lowest BCUT2D eigenvalue weighted by atomic mass is 9.86. The maximum atomic E-state index is 9.42. The maximum Gasteiger partial charge on any atom is 0.214 e. The molecule has 1 saturated carbocycles. The molecule has 3 aromatic heterocycles. The first-order valence-electron chi connectivity index (χ1n) is 6.57. The van der Waals surface area contributed by atoms with Gasteiger partial charge in [-0.05, 0) is 25.0 Å². The van der Waals surface area contributed by atoms with Crippen LogP contribution in [0.15, 0.2) is 24.5 Å². The molecule has 0 amide bonds. The van der Waals surface area contributed by atoms with Crippen LogP contribution in [0.3, 0.4) is 0 Å². The SMILES string of the molecule is N#Cc1c(-c2cccnc2)nc2sc(C3CCC3)nn12. The van der Waals surface area contributed by atoms with Crippen LogP contribution in [0.4, 0.5) is 0 Å². The predicted octanol–water partition coefficient (Wildman–Crippen LogP) is 2.99. The van der Waals surface area contributed by atoms with E-state index in [1.165, 1.54) is 19.3 Å². The van der Waals surface area contributed by atoms with Crippen molar-refractivity contribution in [3.63, 3.8) is 0 Å². The fourth-order valence-corrected chi connectivity index (χ4v) is 3.46. The van der Waals surface area contributed by atoms with E-state index in [-0.39, 0.29) is 0 Å². The summed E-state index contributed by atoms with van der Waals surface area (Å²) in [5, 5.41) is 15.1. The van der Waals surface area contributed by atoms with Crippen molar-refractivity contribution in [2.75, 3.05) is 0 Å². The van der Waals surface area contributed by atoms with Crippen LogP contribution in [0.25, 0.3) is 16.2 Å². The van der Waals surface area contributed by atoms with Crippen LogP contribution in [0.1, 0.15) is 35.9 Å². The van der Waals surface area contributed by atoms with Gasteiger partial charge in [0.1, 0.15) is 16.8 Å². The molecule has 0 saturated heterocycles. The van der Waals surface area contributed by atoms with Gasteiger partial charge in [0.15, 0.2) is 5.69 Å². The number of hydrogen-bond donors (Lipinski definition) is 0. The Bertz CT molecular complexity index is 807. The van der Waals surface area contributed by atoms with Gasteiger partial charge in [-0.25, -0.2) is 4.98 Å². The molecular formula is C14H11N5S. The van der Waals surface area contributed by atoms with Crippen molar-refractivity contribution < 1.29 is 0 Å². The van der Waals surface area contributed by atoms with Gasteiger partial charge in [0.2, 0.25) is 4.96 Å². The smallest absolute Gasteiger partial charge is 0.214 e. The van der Waals surface area contributed by atoms with Gasteiger partial charge in [0.05, 0.1) is 0 Å². The van der Waals surface area contributed by atoms with Gasteiger partial charge in [-0.2, -0.15) is 14.9 Å². The first-order valence-corrected chi connectivity index (χ1v) is 7.38. The lowest BCUT2D eigenvalue weighted by molar-refractivity contribution is 0.415. The van der Waals surface area contributed by atoms with Crippen molar-refractivity contribution in [1.82, 2.24) is 19.6 Å². The van der Waals surface area contributed by atoms with Gasteiger partial charge >= 0.3 is 0 Å². The first kappa shape index (κ1) is 11.6. The molecule has 0 radical (unpaired) electrons. The third-order valence-corrected chi connectivity index (χ3v) is 4.79. The summed E-state index contributed by atoms with van der Waals surface area (Å²) in [5.41, 5.74) is 2.02. The summed E-state index contributed by atoms with van der Waals surface area (Å²) in [7, 11) is 0. The van der Waals surface area contributed by atoms with E-state index in [0.29, 0.717) is 17.3 Å². The molecule has 3 heterocycles. The molecule has 0 atom stereocenters. The van der Waals surface area contributed by atoms with E-state index in [0.717, 1.165) is 15.5 Å². The van der Waals surface area contributed by atoms with E-state index in [2.05, 4.69) is 21.1 Å². The Hall–Kier alpha value is -2.26. The third-order valence-electron chi connectivity index (χ3n) is 3.71. The normalized spacial score (nSPS) is 15.2. The Balaban J connectivity index is 1.87. The second-order valence-corrected chi connectivity index (χ2v) is 5.91. The summed E-state index contributed by atoms with van der Waals surface area (Å²) >= 11 is 1.60. The van der Waals surface area contributed by atoms with E-state index in [4.69, 9.17) is 0 Å². The second-order valence-electron chi connectivity index (χ2n) is 4.93. The molecule has 0 bridgehead atoms. The fraction of sp³-hybridized carbons (Fsp3) is 0.286. The lowest BCUT2D eigenvalue weighted by Crippen LogP contribution is -2.08. The molecule has 0 spiro atoms. The Labute approximate surface area is 119 Å². The average Bonchev–Trinajstić information content (AvgIpc) is 2.94. The van der Waals surface area contributed by atoms with Crippen LogP contribution < -0.4 is 0 Å². The minimum Gasteiger partial charge on any atom is -0.264 e. The van der Waals surface area contributed by atoms with Gasteiger partial charge in [-0.1, -0.05) is 17.8 Å². The van der Waals surface area contributed by atoms with Gasteiger partial charge in [0.25, 0.3) is 0 Å². The average molecular weight is 281 g/mol. The predicted molar refractivity (Wildman–Crippen MR) is 75.4 cm³/mol. The molecule has 1 aliphatic carbocycles. The second kappa shape index (κ2) is 4.39. The number of fused-ring (bicyclic) bond motifs is 1. The topological polar surface area (TPSA) is 66.9 Å². The van der Waals surface area contributed by atoms with Crippen LogP contribution >= 0.6 is 11.3 Å². The highest BCUT2D eigenvalue weighted by Crippen LogP contribution is 2.39. The van der Waals surface area contributed by atoms with Crippen molar-refractivity contribution in [2.45, 2.75) is 25.2 Å². The lowest BCUT2D eigenvalue weighted by Gasteiger charge is -2.21. The van der Waals surface area contributed by atoms with E-state index in [9.17, 15) is 5.26 Å². The number of nitrogens with zero attached hydrogens (tertiary/aromatic N) is 5. The zero-order valence-corrected chi connectivity index (χ0v) is 11.5. The molecule has 0 aliphatic heterocycles. The van der Waals surface area contributed by atoms with Gasteiger partial charge in [-0.3, -0.25) is 4.98 Å². The molecule has 0 N–H and O–H groups in total. The van der Waals surface area contributed by atoms with Crippen molar-refractivity contribution in [1.29, 1.82) is 5.26 Å². The Morgan fingerprint density at radius 2 is 2.30 bits per heavy atom. The summed E-state index contributed by atoms with van der Waals surface area (Å²) < 4.78 is 1.68. The van der Waals surface area contributed by atoms with Crippen LogP contribution in [0, 0.1) is 11.3 Å². The largest absolute Gasteiger partial charge is 0.264 e. The van der Waals surface area contributed by atoms with E-state index in [1.807, 2.05) is 12.1 Å². The molecule has 6 heteroatoms. The highest BCUT2D eigenvalue weighted by Gasteiger charge is 2.25. The van der Waals surface area contributed by atoms with E-state index in [1.54, 1.807) is 28.2 Å². The minimum absolute atomic E-state index is 0.495. The van der Waals surface area contributed by atoms with E-state index >= 15 is 0 Å². The Morgan fingerprint density at radius 1 is 1.40 bits per heavy atom. The first-order chi connectivity index (χ1) is 9.86. The minimum atomic E-state index is 0.495. The highest BCUT2D eigenvalue weighted by atomic mass is 32.1. The summed E-state index contributed by atoms with van der Waals surface area (Å²) in [6, 6.07) is 5.98. The Kier molecular flexibility index (Phi) is 2.54. The number of aromatic nitrogens is 4. The maximum absolute atomic E-state index is 9.42. The van der Waals surface area contributed by atoms with Gasteiger partial charge in [-0.15, -0.1) is 0 Å².